The normalized spacial score (nSPS) is 13.5. The third-order valence-electron chi connectivity index (χ3n) is 4.24. The van der Waals surface area contributed by atoms with Crippen molar-refractivity contribution in [2.75, 3.05) is 12.9 Å². The average Bonchev–Trinajstić information content (AvgIpc) is 2.72. The molecule has 1 aromatic carbocycles. The molecule has 0 aliphatic heterocycles. The van der Waals surface area contributed by atoms with Crippen LogP contribution in [-0.4, -0.2) is 48.0 Å². The Balaban J connectivity index is 2.78. The Morgan fingerprint density at radius 3 is 2.31 bits per heavy atom. The van der Waals surface area contributed by atoms with Gasteiger partial charge < -0.3 is 20.1 Å². The average molecular weight is 425 g/mol. The maximum Gasteiger partial charge on any atom is 0.408 e. The number of nitrogens with one attached hydrogen (secondary N) is 2. The lowest BCUT2D eigenvalue weighted by atomic mass is 9.99. The van der Waals surface area contributed by atoms with Crippen molar-refractivity contribution in [3.8, 4) is 0 Å². The summed E-state index contributed by atoms with van der Waals surface area (Å²) in [6, 6.07) is 7.17. The Morgan fingerprint density at radius 2 is 1.76 bits per heavy atom. The Kier molecular flexibility index (Phi) is 10.8. The first-order valence-electron chi connectivity index (χ1n) is 9.27. The molecule has 0 aliphatic rings. The molecule has 0 heterocycles. The van der Waals surface area contributed by atoms with Gasteiger partial charge in [0, 0.05) is 12.7 Å². The minimum Gasteiger partial charge on any atom is -0.467 e. The molecule has 2 amide bonds. The predicted octanol–water partition coefficient (Wildman–Crippen LogP) is 2.26. The third-order valence-corrected chi connectivity index (χ3v) is 5.15. The van der Waals surface area contributed by atoms with Crippen LogP contribution < -0.4 is 10.6 Å². The summed E-state index contributed by atoms with van der Waals surface area (Å²) >= 11 is 0.893. The highest BCUT2D eigenvalue weighted by atomic mass is 32.2. The number of hydrogen-bond acceptors (Lipinski definition) is 7. The number of benzene rings is 1. The lowest BCUT2D eigenvalue weighted by Gasteiger charge is -2.25. The lowest BCUT2D eigenvalue weighted by Crippen LogP contribution is -2.54. The van der Waals surface area contributed by atoms with Gasteiger partial charge in [0.2, 0.25) is 5.91 Å². The number of hydrogen-bond donors (Lipinski definition) is 2. The van der Waals surface area contributed by atoms with Gasteiger partial charge >= 0.3 is 12.1 Å². The van der Waals surface area contributed by atoms with Gasteiger partial charge in [0.25, 0.3) is 0 Å². The number of alkyl carbamates (subject to hydrolysis) is 1. The van der Waals surface area contributed by atoms with Crippen molar-refractivity contribution in [2.24, 2.45) is 5.92 Å². The van der Waals surface area contributed by atoms with Crippen LogP contribution in [0.15, 0.2) is 30.3 Å². The van der Waals surface area contributed by atoms with Gasteiger partial charge in [-0.3, -0.25) is 9.59 Å². The molecule has 0 aliphatic carbocycles. The number of thioether (sulfide) groups is 1. The van der Waals surface area contributed by atoms with Crippen molar-refractivity contribution >= 4 is 34.8 Å². The smallest absolute Gasteiger partial charge is 0.408 e. The summed E-state index contributed by atoms with van der Waals surface area (Å²) in [6.45, 7) is 5.10. The Labute approximate surface area is 175 Å². The van der Waals surface area contributed by atoms with E-state index >= 15 is 0 Å². The van der Waals surface area contributed by atoms with Crippen molar-refractivity contribution in [3.05, 3.63) is 35.9 Å². The van der Waals surface area contributed by atoms with E-state index in [0.29, 0.717) is 6.42 Å². The van der Waals surface area contributed by atoms with Crippen LogP contribution in [-0.2, 0) is 30.5 Å². The van der Waals surface area contributed by atoms with Crippen LogP contribution in [0.4, 0.5) is 4.79 Å². The van der Waals surface area contributed by atoms with E-state index in [1.807, 2.05) is 32.0 Å². The van der Waals surface area contributed by atoms with Gasteiger partial charge in [-0.15, -0.1) is 0 Å². The minimum absolute atomic E-state index is 0.00992. The molecule has 1 unspecified atom stereocenters. The molecule has 0 fully saturated rings. The first-order valence-corrected chi connectivity index (χ1v) is 10.3. The summed E-state index contributed by atoms with van der Waals surface area (Å²) in [5.74, 6) is -1.32. The molecule has 0 aromatic heterocycles. The molecule has 0 spiro atoms. The second-order valence-electron chi connectivity index (χ2n) is 6.46. The van der Waals surface area contributed by atoms with Gasteiger partial charge in [0.1, 0.15) is 18.7 Å². The number of esters is 1. The molecule has 8 nitrogen and oxygen atoms in total. The molecular weight excluding hydrogens is 396 g/mol. The Hall–Kier alpha value is -2.55. The summed E-state index contributed by atoms with van der Waals surface area (Å²) in [5.41, 5.74) is 0.796. The topological polar surface area (TPSA) is 111 Å². The molecule has 3 atom stereocenters. The maximum atomic E-state index is 12.7. The summed E-state index contributed by atoms with van der Waals surface area (Å²) in [4.78, 5) is 48.2. The zero-order valence-corrected chi connectivity index (χ0v) is 17.9. The van der Waals surface area contributed by atoms with Gasteiger partial charge in [-0.25, -0.2) is 9.59 Å². The standard InChI is InChI=1S/C20H28N2O6S/c1-5-13(2)17(19(25)27-4)22-18(24)16(12-29-14(3)23)21-20(26)28-11-15-9-7-6-8-10-15/h6-10,13,16-17H,5,11-12H2,1-4H3,(H,21,26)(H,22,24)/t13?,16-,17-/m0/s1. The largest absolute Gasteiger partial charge is 0.467 e. The zero-order chi connectivity index (χ0) is 21.8. The maximum absolute atomic E-state index is 12.7. The summed E-state index contributed by atoms with van der Waals surface area (Å²) in [7, 11) is 1.24. The molecule has 29 heavy (non-hydrogen) atoms. The van der Waals surface area contributed by atoms with E-state index in [0.717, 1.165) is 17.3 Å². The lowest BCUT2D eigenvalue weighted by molar-refractivity contribution is -0.146. The van der Waals surface area contributed by atoms with Crippen LogP contribution in [0.3, 0.4) is 0 Å². The Morgan fingerprint density at radius 1 is 1.10 bits per heavy atom. The fourth-order valence-corrected chi connectivity index (χ4v) is 2.98. The highest BCUT2D eigenvalue weighted by Gasteiger charge is 2.31. The highest BCUT2D eigenvalue weighted by molar-refractivity contribution is 8.13. The molecule has 160 valence electrons. The molecule has 0 radical (unpaired) electrons. The van der Waals surface area contributed by atoms with Crippen LogP contribution in [0.2, 0.25) is 0 Å². The first-order chi connectivity index (χ1) is 13.8. The molecule has 0 saturated carbocycles. The quantitative estimate of drug-likeness (QED) is 0.554. The van der Waals surface area contributed by atoms with Crippen LogP contribution in [0.5, 0.6) is 0 Å². The van der Waals surface area contributed by atoms with Crippen LogP contribution in [0, 0.1) is 5.92 Å². The molecule has 0 saturated heterocycles. The number of carbonyl (C=O) groups is 4. The molecule has 0 bridgehead atoms. The minimum atomic E-state index is -1.05. The summed E-state index contributed by atoms with van der Waals surface area (Å²) in [6.07, 6.45) is -0.157. The van der Waals surface area contributed by atoms with Crippen molar-refractivity contribution in [3.63, 3.8) is 0 Å². The van der Waals surface area contributed by atoms with Gasteiger partial charge in [-0.2, -0.15) is 0 Å². The molecule has 1 rings (SSSR count). The number of ether oxygens (including phenoxy) is 2. The summed E-state index contributed by atoms with van der Waals surface area (Å²) in [5, 5.41) is 4.88. The van der Waals surface area contributed by atoms with E-state index in [1.54, 1.807) is 12.1 Å². The Bertz CT molecular complexity index is 697. The van der Waals surface area contributed by atoms with E-state index in [4.69, 9.17) is 9.47 Å². The SMILES string of the molecule is CCC(C)[C@H](NC(=O)[C@H](CSC(C)=O)NC(=O)OCc1ccccc1)C(=O)OC. The monoisotopic (exact) mass is 424 g/mol. The van der Waals surface area contributed by atoms with Gasteiger partial charge in [-0.1, -0.05) is 62.4 Å². The van der Waals surface area contributed by atoms with E-state index < -0.39 is 30.1 Å². The van der Waals surface area contributed by atoms with Crippen LogP contribution in [0.1, 0.15) is 32.8 Å². The highest BCUT2D eigenvalue weighted by Crippen LogP contribution is 2.11. The van der Waals surface area contributed by atoms with E-state index in [-0.39, 0.29) is 23.4 Å². The van der Waals surface area contributed by atoms with Crippen molar-refractivity contribution < 1.29 is 28.7 Å². The van der Waals surface area contributed by atoms with E-state index in [1.165, 1.54) is 14.0 Å². The van der Waals surface area contributed by atoms with E-state index in [9.17, 15) is 19.2 Å². The molecular formula is C20H28N2O6S. The third kappa shape index (κ3) is 8.99. The fourth-order valence-electron chi connectivity index (χ4n) is 2.34. The molecule has 1 aromatic rings. The number of rotatable bonds is 10. The number of amides is 2. The van der Waals surface area contributed by atoms with E-state index in [2.05, 4.69) is 10.6 Å². The van der Waals surface area contributed by atoms with Gasteiger partial charge in [0.05, 0.1) is 7.11 Å². The second kappa shape index (κ2) is 12.8. The molecule has 9 heteroatoms. The van der Waals surface area contributed by atoms with Crippen molar-refractivity contribution in [1.82, 2.24) is 10.6 Å². The fraction of sp³-hybridized carbons (Fsp3) is 0.500. The second-order valence-corrected chi connectivity index (χ2v) is 7.65. The van der Waals surface area contributed by atoms with Crippen LogP contribution in [0.25, 0.3) is 0 Å². The number of methoxy groups -OCH3 is 1. The van der Waals surface area contributed by atoms with Crippen molar-refractivity contribution in [1.29, 1.82) is 0 Å². The summed E-state index contributed by atoms with van der Waals surface area (Å²) < 4.78 is 9.90. The van der Waals surface area contributed by atoms with Gasteiger partial charge in [-0.05, 0) is 11.5 Å². The van der Waals surface area contributed by atoms with Gasteiger partial charge in [0.15, 0.2) is 5.12 Å². The number of carbonyl (C=O) groups excluding carboxylic acids is 4. The molecule has 2 N–H and O–H groups in total. The first kappa shape index (κ1) is 24.5. The zero-order valence-electron chi connectivity index (χ0n) is 17.1. The van der Waals surface area contributed by atoms with Crippen LogP contribution >= 0.6 is 11.8 Å². The van der Waals surface area contributed by atoms with Crippen molar-refractivity contribution in [2.45, 2.75) is 45.9 Å². The predicted molar refractivity (Wildman–Crippen MR) is 110 cm³/mol.